The normalized spacial score (nSPS) is 23.8. The molecule has 102 valence electrons. The Hall–Kier alpha value is -1.36. The van der Waals surface area contributed by atoms with Gasteiger partial charge in [-0.2, -0.15) is 0 Å². The van der Waals surface area contributed by atoms with Crippen LogP contribution in [0.2, 0.25) is 0 Å². The summed E-state index contributed by atoms with van der Waals surface area (Å²) in [5, 5.41) is 5.60. The summed E-state index contributed by atoms with van der Waals surface area (Å²) in [6.45, 7) is 5.78. The fourth-order valence-corrected chi connectivity index (χ4v) is 2.35. The smallest absolute Gasteiger partial charge is 0.247 e. The van der Waals surface area contributed by atoms with Crippen molar-refractivity contribution in [1.82, 2.24) is 10.6 Å². The first-order valence-corrected chi connectivity index (χ1v) is 6.94. The van der Waals surface area contributed by atoms with Crippen LogP contribution in [-0.2, 0) is 9.59 Å². The summed E-state index contributed by atoms with van der Waals surface area (Å²) >= 11 is 3.34. The van der Waals surface area contributed by atoms with Gasteiger partial charge in [0.25, 0.3) is 0 Å². The molecule has 1 heterocycles. The van der Waals surface area contributed by atoms with Crippen LogP contribution in [0.1, 0.15) is 32.4 Å². The average Bonchev–Trinajstić information content (AvgIpc) is 2.31. The third-order valence-electron chi connectivity index (χ3n) is 3.17. The molecule has 0 spiro atoms. The molecule has 1 aromatic rings. The molecular weight excluding hydrogens is 308 g/mol. The average molecular weight is 325 g/mol. The maximum absolute atomic E-state index is 12.1. The number of halogens is 1. The molecule has 1 fully saturated rings. The number of hydrogen-bond acceptors (Lipinski definition) is 2. The van der Waals surface area contributed by atoms with Crippen molar-refractivity contribution in [3.8, 4) is 0 Å². The van der Waals surface area contributed by atoms with E-state index in [4.69, 9.17) is 0 Å². The van der Waals surface area contributed by atoms with Crippen molar-refractivity contribution in [2.45, 2.75) is 32.9 Å². The van der Waals surface area contributed by atoms with Crippen LogP contribution in [0.5, 0.6) is 0 Å². The number of rotatable bonds is 1. The van der Waals surface area contributed by atoms with E-state index in [-0.39, 0.29) is 17.2 Å². The molecule has 0 radical (unpaired) electrons. The van der Waals surface area contributed by atoms with Crippen LogP contribution in [0.25, 0.3) is 0 Å². The SMILES string of the molecule is CC(C)(C)C1NC(=O)C(c2ccc(Br)cc2)NC1=O. The lowest BCUT2D eigenvalue weighted by Crippen LogP contribution is -2.61. The lowest BCUT2D eigenvalue weighted by atomic mass is 9.84. The maximum Gasteiger partial charge on any atom is 0.247 e. The van der Waals surface area contributed by atoms with Gasteiger partial charge in [-0.1, -0.05) is 48.8 Å². The third kappa shape index (κ3) is 2.97. The highest BCUT2D eigenvalue weighted by atomic mass is 79.9. The van der Waals surface area contributed by atoms with Crippen molar-refractivity contribution in [2.24, 2.45) is 5.41 Å². The lowest BCUT2D eigenvalue weighted by molar-refractivity contribution is -0.139. The summed E-state index contributed by atoms with van der Waals surface area (Å²) in [5.41, 5.74) is 0.478. The Morgan fingerprint density at radius 1 is 1.00 bits per heavy atom. The number of carbonyl (C=O) groups excluding carboxylic acids is 2. The monoisotopic (exact) mass is 324 g/mol. The zero-order chi connectivity index (χ0) is 14.2. The molecule has 1 saturated heterocycles. The van der Waals surface area contributed by atoms with Crippen LogP contribution in [0.4, 0.5) is 0 Å². The molecule has 0 aliphatic carbocycles. The molecule has 0 saturated carbocycles. The lowest BCUT2D eigenvalue weighted by Gasteiger charge is -2.36. The van der Waals surface area contributed by atoms with E-state index in [1.807, 2.05) is 45.0 Å². The van der Waals surface area contributed by atoms with Gasteiger partial charge in [-0.25, -0.2) is 0 Å². The highest BCUT2D eigenvalue weighted by molar-refractivity contribution is 9.10. The molecule has 1 aliphatic rings. The predicted octanol–water partition coefficient (Wildman–Crippen LogP) is 2.15. The zero-order valence-corrected chi connectivity index (χ0v) is 12.7. The molecule has 2 N–H and O–H groups in total. The Morgan fingerprint density at radius 3 is 2.11 bits per heavy atom. The molecular formula is C14H17BrN2O2. The van der Waals surface area contributed by atoms with Gasteiger partial charge in [0.05, 0.1) is 0 Å². The molecule has 2 amide bonds. The van der Waals surface area contributed by atoms with Gasteiger partial charge in [-0.05, 0) is 23.1 Å². The van der Waals surface area contributed by atoms with Gasteiger partial charge >= 0.3 is 0 Å². The predicted molar refractivity (Wildman–Crippen MR) is 76.4 cm³/mol. The second-order valence-electron chi connectivity index (χ2n) is 5.80. The second kappa shape index (κ2) is 4.96. The van der Waals surface area contributed by atoms with E-state index in [1.165, 1.54) is 0 Å². The summed E-state index contributed by atoms with van der Waals surface area (Å²) in [4.78, 5) is 24.2. The number of nitrogens with one attached hydrogen (secondary N) is 2. The molecule has 1 aliphatic heterocycles. The van der Waals surface area contributed by atoms with E-state index < -0.39 is 12.1 Å². The van der Waals surface area contributed by atoms with Crippen molar-refractivity contribution in [1.29, 1.82) is 0 Å². The van der Waals surface area contributed by atoms with E-state index in [0.717, 1.165) is 10.0 Å². The molecule has 2 rings (SSSR count). The van der Waals surface area contributed by atoms with Crippen molar-refractivity contribution in [3.05, 3.63) is 34.3 Å². The first-order valence-electron chi connectivity index (χ1n) is 6.15. The van der Waals surface area contributed by atoms with Gasteiger partial charge in [-0.3, -0.25) is 9.59 Å². The van der Waals surface area contributed by atoms with Gasteiger partial charge in [0.15, 0.2) is 0 Å². The van der Waals surface area contributed by atoms with Gasteiger partial charge < -0.3 is 10.6 Å². The standard InChI is InChI=1S/C14H17BrN2O2/c1-14(2,3)11-13(19)16-10(12(18)17-11)8-4-6-9(15)7-5-8/h4-7,10-11H,1-3H3,(H,16,19)(H,17,18). The van der Waals surface area contributed by atoms with Crippen LogP contribution in [-0.4, -0.2) is 17.9 Å². The zero-order valence-electron chi connectivity index (χ0n) is 11.2. The van der Waals surface area contributed by atoms with E-state index >= 15 is 0 Å². The molecule has 1 aromatic carbocycles. The van der Waals surface area contributed by atoms with Gasteiger partial charge in [-0.15, -0.1) is 0 Å². The molecule has 2 atom stereocenters. The van der Waals surface area contributed by atoms with Gasteiger partial charge in [0.1, 0.15) is 12.1 Å². The van der Waals surface area contributed by atoms with Crippen LogP contribution >= 0.6 is 15.9 Å². The Bertz CT molecular complexity index is 505. The highest BCUT2D eigenvalue weighted by Gasteiger charge is 2.40. The number of amides is 2. The molecule has 2 unspecified atom stereocenters. The molecule has 4 nitrogen and oxygen atoms in total. The van der Waals surface area contributed by atoms with Crippen molar-refractivity contribution in [3.63, 3.8) is 0 Å². The van der Waals surface area contributed by atoms with E-state index in [9.17, 15) is 9.59 Å². The number of benzene rings is 1. The van der Waals surface area contributed by atoms with Crippen molar-refractivity contribution < 1.29 is 9.59 Å². The van der Waals surface area contributed by atoms with E-state index in [0.29, 0.717) is 0 Å². The molecule has 5 heteroatoms. The summed E-state index contributed by atoms with van der Waals surface area (Å²) in [5.74, 6) is -0.304. The Balaban J connectivity index is 2.21. The number of hydrogen-bond donors (Lipinski definition) is 2. The fourth-order valence-electron chi connectivity index (χ4n) is 2.08. The Morgan fingerprint density at radius 2 is 1.58 bits per heavy atom. The minimum Gasteiger partial charge on any atom is -0.342 e. The second-order valence-corrected chi connectivity index (χ2v) is 6.72. The summed E-state index contributed by atoms with van der Waals surface area (Å²) < 4.78 is 0.936. The van der Waals surface area contributed by atoms with E-state index in [1.54, 1.807) is 0 Å². The van der Waals surface area contributed by atoms with E-state index in [2.05, 4.69) is 26.6 Å². The minimum atomic E-state index is -0.612. The van der Waals surface area contributed by atoms with Crippen LogP contribution in [0, 0.1) is 5.41 Å². The minimum absolute atomic E-state index is 0.139. The topological polar surface area (TPSA) is 58.2 Å². The van der Waals surface area contributed by atoms with Crippen LogP contribution in [0.15, 0.2) is 28.7 Å². The first kappa shape index (κ1) is 14.1. The quantitative estimate of drug-likeness (QED) is 0.831. The number of piperazine rings is 1. The van der Waals surface area contributed by atoms with Gasteiger partial charge in [0.2, 0.25) is 11.8 Å². The fraction of sp³-hybridized carbons (Fsp3) is 0.429. The van der Waals surface area contributed by atoms with Crippen molar-refractivity contribution >= 4 is 27.7 Å². The first-order chi connectivity index (χ1) is 8.79. The summed E-state index contributed by atoms with van der Waals surface area (Å²) in [6, 6.07) is 6.25. The summed E-state index contributed by atoms with van der Waals surface area (Å²) in [7, 11) is 0. The summed E-state index contributed by atoms with van der Waals surface area (Å²) in [6.07, 6.45) is 0. The van der Waals surface area contributed by atoms with Crippen molar-refractivity contribution in [2.75, 3.05) is 0 Å². The third-order valence-corrected chi connectivity index (χ3v) is 3.70. The highest BCUT2D eigenvalue weighted by Crippen LogP contribution is 2.25. The number of carbonyl (C=O) groups is 2. The van der Waals surface area contributed by atoms with Gasteiger partial charge in [0, 0.05) is 4.47 Å². The Kier molecular flexibility index (Phi) is 3.67. The molecule has 0 aromatic heterocycles. The van der Waals surface area contributed by atoms with Crippen LogP contribution in [0.3, 0.4) is 0 Å². The maximum atomic E-state index is 12.1. The van der Waals surface area contributed by atoms with Crippen LogP contribution < -0.4 is 10.6 Å². The molecule has 19 heavy (non-hydrogen) atoms. The molecule has 0 bridgehead atoms. The largest absolute Gasteiger partial charge is 0.342 e. The Labute approximate surface area is 121 Å².